The van der Waals surface area contributed by atoms with E-state index in [1.807, 2.05) is 6.07 Å². The van der Waals surface area contributed by atoms with Crippen molar-refractivity contribution in [2.45, 2.75) is 25.8 Å². The SMILES string of the molecule is CC(=O)Oc1ccc([C@@H](C2CCOCC2)N2CCNCC2)cc1O.Cl.Cl. The number of ether oxygens (including phenoxy) is 2. The number of hydrogen-bond donors (Lipinski definition) is 2. The molecule has 0 amide bonds. The summed E-state index contributed by atoms with van der Waals surface area (Å²) < 4.78 is 10.6. The van der Waals surface area contributed by atoms with E-state index in [0.29, 0.717) is 5.92 Å². The standard InChI is InChI=1S/C18H26N2O4.2ClH/c1-13(21)24-17-3-2-15(12-16(17)22)18(14-4-10-23-11-5-14)20-8-6-19-7-9-20;;/h2-3,12,14,18-19,22H,4-11H2,1H3;2*1H/t18-;;/m1../s1. The van der Waals surface area contributed by atoms with Crippen molar-refractivity contribution in [3.63, 3.8) is 0 Å². The Morgan fingerprint density at radius 1 is 1.27 bits per heavy atom. The van der Waals surface area contributed by atoms with Crippen molar-refractivity contribution in [1.82, 2.24) is 10.2 Å². The normalized spacial score (nSPS) is 19.7. The highest BCUT2D eigenvalue weighted by atomic mass is 35.5. The molecule has 0 saturated carbocycles. The van der Waals surface area contributed by atoms with Crippen LogP contribution >= 0.6 is 24.8 Å². The van der Waals surface area contributed by atoms with E-state index in [9.17, 15) is 9.90 Å². The van der Waals surface area contributed by atoms with Crippen molar-refractivity contribution in [1.29, 1.82) is 0 Å². The molecule has 0 spiro atoms. The van der Waals surface area contributed by atoms with Crippen LogP contribution in [-0.2, 0) is 9.53 Å². The molecule has 26 heavy (non-hydrogen) atoms. The molecule has 1 atom stereocenters. The lowest BCUT2D eigenvalue weighted by Crippen LogP contribution is -2.47. The Morgan fingerprint density at radius 2 is 1.92 bits per heavy atom. The second-order valence-corrected chi connectivity index (χ2v) is 6.50. The summed E-state index contributed by atoms with van der Waals surface area (Å²) in [5, 5.41) is 13.6. The van der Waals surface area contributed by atoms with Crippen LogP contribution in [0, 0.1) is 5.92 Å². The molecule has 0 radical (unpaired) electrons. The minimum absolute atomic E-state index is 0. The quantitative estimate of drug-likeness (QED) is 0.591. The van der Waals surface area contributed by atoms with Gasteiger partial charge >= 0.3 is 5.97 Å². The molecule has 2 fully saturated rings. The number of rotatable bonds is 4. The number of esters is 1. The number of carbonyl (C=O) groups is 1. The molecule has 0 unspecified atom stereocenters. The van der Waals surface area contributed by atoms with E-state index >= 15 is 0 Å². The molecule has 2 aliphatic heterocycles. The Kier molecular flexibility index (Phi) is 9.68. The molecule has 2 N–H and O–H groups in total. The molecule has 1 aromatic carbocycles. The average molecular weight is 407 g/mol. The van der Waals surface area contributed by atoms with Gasteiger partial charge in [0.05, 0.1) is 0 Å². The maximum atomic E-state index is 11.1. The number of aromatic hydroxyl groups is 1. The number of phenolic OH excluding ortho intramolecular Hbond substituents is 1. The molecule has 8 heteroatoms. The summed E-state index contributed by atoms with van der Waals surface area (Å²) in [6.45, 7) is 6.88. The van der Waals surface area contributed by atoms with E-state index in [1.165, 1.54) is 6.92 Å². The Bertz CT molecular complexity index is 558. The highest BCUT2D eigenvalue weighted by Gasteiger charge is 2.31. The summed E-state index contributed by atoms with van der Waals surface area (Å²) in [7, 11) is 0. The maximum absolute atomic E-state index is 11.1. The van der Waals surface area contributed by atoms with Crippen LogP contribution in [0.5, 0.6) is 11.5 Å². The first-order valence-corrected chi connectivity index (χ1v) is 8.69. The summed E-state index contributed by atoms with van der Waals surface area (Å²) in [5.41, 5.74) is 1.08. The van der Waals surface area contributed by atoms with Crippen LogP contribution in [-0.4, -0.2) is 55.4 Å². The van der Waals surface area contributed by atoms with Gasteiger partial charge in [0.15, 0.2) is 11.5 Å². The largest absolute Gasteiger partial charge is 0.504 e. The topological polar surface area (TPSA) is 71.0 Å². The van der Waals surface area contributed by atoms with Crippen LogP contribution in [0.2, 0.25) is 0 Å². The van der Waals surface area contributed by atoms with Gasteiger partial charge in [0.2, 0.25) is 0 Å². The smallest absolute Gasteiger partial charge is 0.308 e. The summed E-state index contributed by atoms with van der Waals surface area (Å²) in [6, 6.07) is 5.68. The molecule has 6 nitrogen and oxygen atoms in total. The van der Waals surface area contributed by atoms with E-state index in [2.05, 4.69) is 10.2 Å². The third-order valence-corrected chi connectivity index (χ3v) is 4.84. The Hall–Kier alpha value is -1.05. The third-order valence-electron chi connectivity index (χ3n) is 4.84. The van der Waals surface area contributed by atoms with Gasteiger partial charge in [-0.2, -0.15) is 0 Å². The predicted octanol–water partition coefficient (Wildman–Crippen LogP) is 2.53. The van der Waals surface area contributed by atoms with Gasteiger partial charge in [0.25, 0.3) is 0 Å². The van der Waals surface area contributed by atoms with E-state index < -0.39 is 5.97 Å². The number of carbonyl (C=O) groups excluding carboxylic acids is 1. The van der Waals surface area contributed by atoms with E-state index in [4.69, 9.17) is 9.47 Å². The molecule has 3 rings (SSSR count). The lowest BCUT2D eigenvalue weighted by Gasteiger charge is -2.41. The van der Waals surface area contributed by atoms with Crippen LogP contribution < -0.4 is 10.1 Å². The average Bonchev–Trinajstić information content (AvgIpc) is 2.59. The fourth-order valence-electron chi connectivity index (χ4n) is 3.73. The zero-order valence-electron chi connectivity index (χ0n) is 15.0. The second-order valence-electron chi connectivity index (χ2n) is 6.50. The fourth-order valence-corrected chi connectivity index (χ4v) is 3.73. The summed E-state index contributed by atoms with van der Waals surface area (Å²) in [4.78, 5) is 13.6. The first-order chi connectivity index (χ1) is 11.6. The van der Waals surface area contributed by atoms with Crippen molar-refractivity contribution in [3.8, 4) is 11.5 Å². The highest BCUT2D eigenvalue weighted by molar-refractivity contribution is 5.85. The van der Waals surface area contributed by atoms with E-state index in [1.54, 1.807) is 12.1 Å². The van der Waals surface area contributed by atoms with Gasteiger partial charge in [-0.15, -0.1) is 24.8 Å². The fraction of sp³-hybridized carbons (Fsp3) is 0.611. The van der Waals surface area contributed by atoms with Crippen molar-refractivity contribution >= 4 is 30.8 Å². The van der Waals surface area contributed by atoms with Crippen LogP contribution in [0.4, 0.5) is 0 Å². The van der Waals surface area contributed by atoms with Crippen molar-refractivity contribution < 1.29 is 19.4 Å². The van der Waals surface area contributed by atoms with Gasteiger partial charge < -0.3 is 19.9 Å². The number of nitrogens with one attached hydrogen (secondary N) is 1. The summed E-state index contributed by atoms with van der Waals surface area (Å²) in [6.07, 6.45) is 2.06. The van der Waals surface area contributed by atoms with Crippen molar-refractivity contribution in [2.24, 2.45) is 5.92 Å². The second kappa shape index (κ2) is 10.9. The molecular weight excluding hydrogens is 379 g/mol. The first-order valence-electron chi connectivity index (χ1n) is 8.69. The Labute approximate surface area is 167 Å². The molecule has 2 saturated heterocycles. The molecule has 2 aliphatic rings. The Morgan fingerprint density at radius 3 is 2.50 bits per heavy atom. The third kappa shape index (κ3) is 5.72. The molecular formula is C18H28Cl2N2O4. The lowest BCUT2D eigenvalue weighted by molar-refractivity contribution is -0.132. The monoisotopic (exact) mass is 406 g/mol. The number of halogens is 2. The van der Waals surface area contributed by atoms with E-state index in [-0.39, 0.29) is 42.4 Å². The summed E-state index contributed by atoms with van der Waals surface area (Å²) in [5.74, 6) is 0.323. The van der Waals surface area contributed by atoms with Gasteiger partial charge in [-0.25, -0.2) is 0 Å². The van der Waals surface area contributed by atoms with Gasteiger partial charge in [0.1, 0.15) is 0 Å². The molecule has 1 aromatic rings. The number of benzene rings is 1. The van der Waals surface area contributed by atoms with Crippen LogP contribution in [0.3, 0.4) is 0 Å². The highest BCUT2D eigenvalue weighted by Crippen LogP contribution is 2.38. The number of nitrogens with zero attached hydrogens (tertiary/aromatic N) is 1. The van der Waals surface area contributed by atoms with Crippen LogP contribution in [0.25, 0.3) is 0 Å². The zero-order valence-corrected chi connectivity index (χ0v) is 16.6. The van der Waals surface area contributed by atoms with Gasteiger partial charge in [-0.05, 0) is 36.5 Å². The molecule has 2 heterocycles. The molecule has 0 aromatic heterocycles. The molecule has 148 valence electrons. The number of phenols is 1. The first kappa shape index (κ1) is 23.0. The van der Waals surface area contributed by atoms with E-state index in [0.717, 1.165) is 57.8 Å². The maximum Gasteiger partial charge on any atom is 0.308 e. The van der Waals surface area contributed by atoms with Crippen molar-refractivity contribution in [2.75, 3.05) is 39.4 Å². The predicted molar refractivity (Wildman–Crippen MR) is 105 cm³/mol. The number of piperazine rings is 1. The molecule has 0 bridgehead atoms. The summed E-state index contributed by atoms with van der Waals surface area (Å²) >= 11 is 0. The minimum atomic E-state index is -0.430. The molecule has 0 aliphatic carbocycles. The zero-order chi connectivity index (χ0) is 16.9. The lowest BCUT2D eigenvalue weighted by atomic mass is 9.85. The van der Waals surface area contributed by atoms with Gasteiger partial charge in [0, 0.05) is 52.4 Å². The van der Waals surface area contributed by atoms with Crippen molar-refractivity contribution in [3.05, 3.63) is 23.8 Å². The number of hydrogen-bond acceptors (Lipinski definition) is 6. The minimum Gasteiger partial charge on any atom is -0.504 e. The van der Waals surface area contributed by atoms with Crippen LogP contribution in [0.15, 0.2) is 18.2 Å². The Balaban J connectivity index is 0.00000169. The van der Waals surface area contributed by atoms with Gasteiger partial charge in [-0.1, -0.05) is 6.07 Å². The van der Waals surface area contributed by atoms with Gasteiger partial charge in [-0.3, -0.25) is 9.69 Å². The van der Waals surface area contributed by atoms with Crippen LogP contribution in [0.1, 0.15) is 31.4 Å².